The molecule has 1 aliphatic heterocycles. The van der Waals surface area contributed by atoms with E-state index in [-0.39, 0.29) is 29.9 Å². The number of aryl methyl sites for hydroxylation is 1. The summed E-state index contributed by atoms with van der Waals surface area (Å²) in [4.78, 5) is 5.58. The summed E-state index contributed by atoms with van der Waals surface area (Å²) < 4.78 is 59.6. The summed E-state index contributed by atoms with van der Waals surface area (Å²) in [5.74, 6) is -1.80. The van der Waals surface area contributed by atoms with E-state index in [1.165, 1.54) is 12.1 Å². The highest BCUT2D eigenvalue weighted by Gasteiger charge is 2.58. The first-order valence-corrected chi connectivity index (χ1v) is 11.3. The molecule has 7 heteroatoms. The molecule has 0 amide bonds. The highest BCUT2D eigenvalue weighted by molar-refractivity contribution is 5.88. The fourth-order valence-electron chi connectivity index (χ4n) is 5.91. The molecule has 0 bridgehead atoms. The molecule has 2 fully saturated rings. The van der Waals surface area contributed by atoms with Crippen molar-refractivity contribution in [2.45, 2.75) is 57.5 Å². The van der Waals surface area contributed by atoms with Crippen molar-refractivity contribution in [1.29, 1.82) is 0 Å². The summed E-state index contributed by atoms with van der Waals surface area (Å²) in [6.45, 7) is 3.28. The standard InChI is InChI=1S/C26H28F4N2O/c1-16-11-22(33-2)20(19-7-9-31-23(16)19)13-32-10-8-25(14-26(29,30)15-25)12-21(32)17-3-5-18(6-4-17)24(27)28/h3-7,9,11,21,24,31H,8,10,12-15H2,1-2H3/t21-/m0/s1. The van der Waals surface area contributed by atoms with Crippen molar-refractivity contribution >= 4 is 10.9 Å². The minimum absolute atomic E-state index is 0.0276. The number of halogens is 4. The van der Waals surface area contributed by atoms with Gasteiger partial charge in [-0.05, 0) is 55.0 Å². The number of rotatable bonds is 5. The van der Waals surface area contributed by atoms with Crippen LogP contribution in [-0.4, -0.2) is 29.5 Å². The van der Waals surface area contributed by atoms with Gasteiger partial charge in [0.1, 0.15) is 5.75 Å². The molecule has 1 aliphatic carbocycles. The van der Waals surface area contributed by atoms with Crippen molar-refractivity contribution in [3.05, 3.63) is 64.8 Å². The zero-order valence-corrected chi connectivity index (χ0v) is 18.8. The number of likely N-dealkylation sites (tertiary alicyclic amines) is 1. The third-order valence-electron chi connectivity index (χ3n) is 7.53. The minimum Gasteiger partial charge on any atom is -0.496 e. The van der Waals surface area contributed by atoms with Gasteiger partial charge >= 0.3 is 0 Å². The van der Waals surface area contributed by atoms with E-state index in [0.29, 0.717) is 25.9 Å². The number of hydrogen-bond acceptors (Lipinski definition) is 2. The predicted molar refractivity (Wildman–Crippen MR) is 120 cm³/mol. The third kappa shape index (κ3) is 4.01. The highest BCUT2D eigenvalue weighted by atomic mass is 19.3. The number of alkyl halides is 4. The molecule has 1 spiro atoms. The fourth-order valence-corrected chi connectivity index (χ4v) is 5.91. The van der Waals surface area contributed by atoms with Crippen molar-refractivity contribution in [3.63, 3.8) is 0 Å². The molecule has 5 rings (SSSR count). The average Bonchev–Trinajstić information content (AvgIpc) is 3.26. The first-order valence-electron chi connectivity index (χ1n) is 11.3. The van der Waals surface area contributed by atoms with E-state index in [9.17, 15) is 17.6 Å². The molecule has 2 aromatic carbocycles. The molecule has 2 heterocycles. The van der Waals surface area contributed by atoms with Crippen LogP contribution in [0.4, 0.5) is 17.6 Å². The molecule has 1 atom stereocenters. The molecule has 1 saturated heterocycles. The van der Waals surface area contributed by atoms with E-state index in [1.807, 2.05) is 25.3 Å². The summed E-state index contributed by atoms with van der Waals surface area (Å²) in [6.07, 6.45) is 0.504. The van der Waals surface area contributed by atoms with Crippen molar-refractivity contribution in [3.8, 4) is 5.75 Å². The smallest absolute Gasteiger partial charge is 0.263 e. The highest BCUT2D eigenvalue weighted by Crippen LogP contribution is 2.60. The number of nitrogens with zero attached hydrogens (tertiary/aromatic N) is 1. The van der Waals surface area contributed by atoms with Gasteiger partial charge in [0.25, 0.3) is 6.43 Å². The Morgan fingerprint density at radius 2 is 1.88 bits per heavy atom. The maximum atomic E-state index is 13.8. The Morgan fingerprint density at radius 3 is 2.52 bits per heavy atom. The van der Waals surface area contributed by atoms with Crippen molar-refractivity contribution in [2.24, 2.45) is 5.41 Å². The molecule has 1 aromatic heterocycles. The van der Waals surface area contributed by atoms with E-state index >= 15 is 0 Å². The second kappa shape index (κ2) is 8.05. The quantitative estimate of drug-likeness (QED) is 0.409. The Labute approximate surface area is 190 Å². The van der Waals surface area contributed by atoms with Gasteiger partial charge in [-0.1, -0.05) is 24.3 Å². The lowest BCUT2D eigenvalue weighted by Gasteiger charge is -2.54. The number of piperidine rings is 1. The molecule has 176 valence electrons. The first kappa shape index (κ1) is 22.3. The number of H-pyrrole nitrogens is 1. The van der Waals surface area contributed by atoms with Crippen LogP contribution < -0.4 is 4.74 Å². The van der Waals surface area contributed by atoms with Crippen molar-refractivity contribution in [1.82, 2.24) is 9.88 Å². The van der Waals surface area contributed by atoms with Gasteiger partial charge in [0.15, 0.2) is 0 Å². The molecule has 33 heavy (non-hydrogen) atoms. The lowest BCUT2D eigenvalue weighted by Crippen LogP contribution is -2.53. The lowest BCUT2D eigenvalue weighted by atomic mass is 9.59. The normalized spacial score (nSPS) is 22.1. The second-order valence-corrected chi connectivity index (χ2v) is 9.76. The van der Waals surface area contributed by atoms with Crippen LogP contribution in [-0.2, 0) is 6.54 Å². The van der Waals surface area contributed by atoms with Crippen LogP contribution in [0.2, 0.25) is 0 Å². The van der Waals surface area contributed by atoms with Gasteiger partial charge in [-0.3, -0.25) is 4.90 Å². The van der Waals surface area contributed by atoms with Crippen LogP contribution in [0.3, 0.4) is 0 Å². The van der Waals surface area contributed by atoms with Gasteiger partial charge in [-0.2, -0.15) is 0 Å². The lowest BCUT2D eigenvalue weighted by molar-refractivity contribution is -0.186. The molecule has 0 unspecified atom stereocenters. The zero-order chi connectivity index (χ0) is 23.4. The molecular weight excluding hydrogens is 432 g/mol. The predicted octanol–water partition coefficient (Wildman–Crippen LogP) is 7.18. The van der Waals surface area contributed by atoms with Crippen molar-refractivity contribution < 1.29 is 22.3 Å². The van der Waals surface area contributed by atoms with Gasteiger partial charge in [0.05, 0.1) is 7.11 Å². The number of benzene rings is 2. The maximum absolute atomic E-state index is 13.8. The van der Waals surface area contributed by atoms with E-state index in [2.05, 4.69) is 9.88 Å². The number of methoxy groups -OCH3 is 1. The van der Waals surface area contributed by atoms with Gasteiger partial charge in [0.2, 0.25) is 5.92 Å². The molecule has 3 aromatic rings. The van der Waals surface area contributed by atoms with Crippen molar-refractivity contribution in [2.75, 3.05) is 13.7 Å². The summed E-state index contributed by atoms with van der Waals surface area (Å²) in [5.41, 5.74) is 3.67. The Kier molecular flexibility index (Phi) is 5.43. The minimum atomic E-state index is -2.59. The number of aromatic amines is 1. The summed E-state index contributed by atoms with van der Waals surface area (Å²) in [6, 6.07) is 10.3. The Balaban J connectivity index is 1.50. The molecule has 1 N–H and O–H groups in total. The Morgan fingerprint density at radius 1 is 1.15 bits per heavy atom. The topological polar surface area (TPSA) is 28.3 Å². The number of ether oxygens (including phenoxy) is 1. The fraction of sp³-hybridized carbons (Fsp3) is 0.462. The number of hydrogen-bond donors (Lipinski definition) is 1. The van der Waals surface area contributed by atoms with Crippen LogP contribution in [0.25, 0.3) is 10.9 Å². The van der Waals surface area contributed by atoms with Gasteiger partial charge in [0, 0.05) is 53.7 Å². The van der Waals surface area contributed by atoms with E-state index in [1.54, 1.807) is 19.2 Å². The Bertz CT molecular complexity index is 1150. The summed E-state index contributed by atoms with van der Waals surface area (Å²) in [5, 5.41) is 1.08. The SMILES string of the molecule is COc1cc(C)c2[nH]ccc2c1CN1CCC2(C[C@H]1c1ccc(C(F)F)cc1)CC(F)(F)C2. The van der Waals surface area contributed by atoms with Crippen LogP contribution in [0, 0.1) is 12.3 Å². The summed E-state index contributed by atoms with van der Waals surface area (Å²) in [7, 11) is 1.65. The zero-order valence-electron chi connectivity index (χ0n) is 18.8. The average molecular weight is 461 g/mol. The summed E-state index contributed by atoms with van der Waals surface area (Å²) >= 11 is 0. The molecule has 2 aliphatic rings. The van der Waals surface area contributed by atoms with Crippen LogP contribution in [0.1, 0.15) is 60.4 Å². The van der Waals surface area contributed by atoms with Gasteiger partial charge in [-0.15, -0.1) is 0 Å². The van der Waals surface area contributed by atoms with Crippen LogP contribution >= 0.6 is 0 Å². The maximum Gasteiger partial charge on any atom is 0.263 e. The first-order chi connectivity index (χ1) is 15.7. The van der Waals surface area contributed by atoms with Gasteiger partial charge in [-0.25, -0.2) is 17.6 Å². The third-order valence-corrected chi connectivity index (χ3v) is 7.53. The molecule has 0 radical (unpaired) electrons. The largest absolute Gasteiger partial charge is 0.496 e. The van der Waals surface area contributed by atoms with E-state index in [0.717, 1.165) is 33.3 Å². The van der Waals surface area contributed by atoms with E-state index in [4.69, 9.17) is 4.74 Å². The van der Waals surface area contributed by atoms with Gasteiger partial charge < -0.3 is 9.72 Å². The molecular formula is C26H28F4N2O. The monoisotopic (exact) mass is 460 g/mol. The molecule has 1 saturated carbocycles. The van der Waals surface area contributed by atoms with Crippen LogP contribution in [0.15, 0.2) is 42.6 Å². The number of fused-ring (bicyclic) bond motifs is 1. The number of aromatic nitrogens is 1. The second-order valence-electron chi connectivity index (χ2n) is 9.76. The number of nitrogens with one attached hydrogen (secondary N) is 1. The van der Waals surface area contributed by atoms with E-state index < -0.39 is 12.3 Å². The molecule has 3 nitrogen and oxygen atoms in total. The Hall–Kier alpha value is -2.54. The van der Waals surface area contributed by atoms with Crippen LogP contribution in [0.5, 0.6) is 5.75 Å².